The van der Waals surface area contributed by atoms with Gasteiger partial charge in [0.1, 0.15) is 13.2 Å². The van der Waals surface area contributed by atoms with E-state index in [1.54, 1.807) is 0 Å². The summed E-state index contributed by atoms with van der Waals surface area (Å²) in [6.45, 7) is 6.25. The number of allylic oxidation sites excluding steroid dienone is 22. The summed E-state index contributed by atoms with van der Waals surface area (Å²) < 4.78 is 16.7. The van der Waals surface area contributed by atoms with Gasteiger partial charge in [-0.1, -0.05) is 193 Å². The Kier molecular flexibility index (Phi) is 48.6. The van der Waals surface area contributed by atoms with Crippen molar-refractivity contribution in [2.24, 2.45) is 0 Å². The highest BCUT2D eigenvalue weighted by atomic mass is 16.6. The Morgan fingerprint density at radius 1 is 0.323 bits per heavy atom. The van der Waals surface area contributed by atoms with E-state index >= 15 is 0 Å². The zero-order chi connectivity index (χ0) is 47.2. The van der Waals surface area contributed by atoms with Crippen LogP contribution < -0.4 is 0 Å². The molecular formula is C59H92O6. The van der Waals surface area contributed by atoms with Gasteiger partial charge >= 0.3 is 17.9 Å². The molecule has 0 radical (unpaired) electrons. The smallest absolute Gasteiger partial charge is 0.306 e. The van der Waals surface area contributed by atoms with Crippen LogP contribution >= 0.6 is 0 Å². The molecular weight excluding hydrogens is 805 g/mol. The molecule has 364 valence electrons. The molecule has 0 heterocycles. The number of ether oxygens (including phenoxy) is 3. The monoisotopic (exact) mass is 897 g/mol. The van der Waals surface area contributed by atoms with Gasteiger partial charge in [-0.05, 0) is 122 Å². The molecule has 1 atom stereocenters. The molecule has 0 aliphatic carbocycles. The van der Waals surface area contributed by atoms with Gasteiger partial charge in [0.2, 0.25) is 0 Å². The van der Waals surface area contributed by atoms with Gasteiger partial charge in [-0.3, -0.25) is 14.4 Å². The molecule has 0 saturated carbocycles. The molecule has 0 fully saturated rings. The number of hydrogen-bond acceptors (Lipinski definition) is 6. The molecule has 0 aliphatic rings. The topological polar surface area (TPSA) is 78.9 Å². The highest BCUT2D eigenvalue weighted by molar-refractivity contribution is 5.71. The second kappa shape index (κ2) is 52.2. The SMILES string of the molecule is CC/C=C\C/C=C\C/C=C\C/C=C\C/C=C\C/C=C\CCC(=O)OCC(COC(=O)CCCCC/C=C\C/C=C\C/C=C\CC)OC(=O)CCCCCCC/C=C\C/C=C\CCCCC. The van der Waals surface area contributed by atoms with E-state index < -0.39 is 6.10 Å². The maximum atomic E-state index is 12.8. The van der Waals surface area contributed by atoms with E-state index in [9.17, 15) is 14.4 Å². The summed E-state index contributed by atoms with van der Waals surface area (Å²) in [4.78, 5) is 37.9. The quantitative estimate of drug-likeness (QED) is 0.0262. The Morgan fingerprint density at radius 2 is 0.631 bits per heavy atom. The molecule has 0 aromatic rings. The lowest BCUT2D eigenvalue weighted by Gasteiger charge is -2.18. The van der Waals surface area contributed by atoms with Gasteiger partial charge in [-0.15, -0.1) is 0 Å². The number of esters is 3. The van der Waals surface area contributed by atoms with Crippen LogP contribution in [0.5, 0.6) is 0 Å². The minimum atomic E-state index is -0.832. The predicted molar refractivity (Wildman–Crippen MR) is 279 cm³/mol. The number of unbranched alkanes of at least 4 members (excludes halogenated alkanes) is 11. The third-order valence-electron chi connectivity index (χ3n) is 10.1. The van der Waals surface area contributed by atoms with Gasteiger partial charge in [-0.25, -0.2) is 0 Å². The van der Waals surface area contributed by atoms with Crippen molar-refractivity contribution in [1.82, 2.24) is 0 Å². The van der Waals surface area contributed by atoms with Crippen LogP contribution in [0.1, 0.15) is 201 Å². The Labute approximate surface area is 398 Å². The molecule has 0 amide bonds. The maximum Gasteiger partial charge on any atom is 0.306 e. The molecule has 0 N–H and O–H groups in total. The molecule has 0 saturated heterocycles. The van der Waals surface area contributed by atoms with Crippen molar-refractivity contribution in [2.45, 2.75) is 207 Å². The van der Waals surface area contributed by atoms with Crippen molar-refractivity contribution in [1.29, 1.82) is 0 Å². The summed E-state index contributed by atoms with van der Waals surface area (Å²) in [6.07, 6.45) is 73.0. The summed E-state index contributed by atoms with van der Waals surface area (Å²) in [5.74, 6) is -1.07. The van der Waals surface area contributed by atoms with E-state index in [0.717, 1.165) is 128 Å². The average Bonchev–Trinajstić information content (AvgIpc) is 3.30. The van der Waals surface area contributed by atoms with Crippen molar-refractivity contribution in [3.05, 3.63) is 134 Å². The fourth-order valence-corrected chi connectivity index (χ4v) is 6.33. The number of rotatable bonds is 44. The lowest BCUT2D eigenvalue weighted by atomic mass is 10.1. The molecule has 1 unspecified atom stereocenters. The van der Waals surface area contributed by atoms with Crippen molar-refractivity contribution < 1.29 is 28.6 Å². The van der Waals surface area contributed by atoms with Crippen LogP contribution in [-0.4, -0.2) is 37.2 Å². The van der Waals surface area contributed by atoms with E-state index in [-0.39, 0.29) is 44.0 Å². The first kappa shape index (κ1) is 60.5. The maximum absolute atomic E-state index is 12.8. The van der Waals surface area contributed by atoms with Crippen molar-refractivity contribution in [3.8, 4) is 0 Å². The van der Waals surface area contributed by atoms with Gasteiger partial charge in [0.25, 0.3) is 0 Å². The van der Waals surface area contributed by atoms with Crippen molar-refractivity contribution in [2.75, 3.05) is 13.2 Å². The Hall–Kier alpha value is -4.45. The number of hydrogen-bond donors (Lipinski definition) is 0. The van der Waals surface area contributed by atoms with Crippen molar-refractivity contribution in [3.63, 3.8) is 0 Å². The summed E-state index contributed by atoms with van der Waals surface area (Å²) in [6, 6.07) is 0. The lowest BCUT2D eigenvalue weighted by molar-refractivity contribution is -0.166. The fraction of sp³-hybridized carbons (Fsp3) is 0.576. The molecule has 0 aliphatic heterocycles. The number of carbonyl (C=O) groups is 3. The van der Waals surface area contributed by atoms with Crippen LogP contribution in [0.2, 0.25) is 0 Å². The van der Waals surface area contributed by atoms with Gasteiger partial charge in [-0.2, -0.15) is 0 Å². The van der Waals surface area contributed by atoms with Crippen LogP contribution in [0.25, 0.3) is 0 Å². The molecule has 0 aromatic carbocycles. The highest BCUT2D eigenvalue weighted by Gasteiger charge is 2.19. The van der Waals surface area contributed by atoms with Gasteiger partial charge < -0.3 is 14.2 Å². The zero-order valence-electron chi connectivity index (χ0n) is 41.4. The van der Waals surface area contributed by atoms with Gasteiger partial charge in [0.05, 0.1) is 0 Å². The van der Waals surface area contributed by atoms with Crippen LogP contribution in [0.4, 0.5) is 0 Å². The molecule has 0 spiro atoms. The minimum Gasteiger partial charge on any atom is -0.462 e. The first-order valence-corrected chi connectivity index (χ1v) is 25.7. The molecule has 0 aromatic heterocycles. The predicted octanol–water partition coefficient (Wildman–Crippen LogP) is 17.1. The van der Waals surface area contributed by atoms with Crippen LogP contribution in [0, 0.1) is 0 Å². The minimum absolute atomic E-state index is 0.127. The Bertz CT molecular complexity index is 1450. The molecule has 6 heteroatoms. The average molecular weight is 897 g/mol. The second-order valence-electron chi connectivity index (χ2n) is 16.3. The zero-order valence-corrected chi connectivity index (χ0v) is 41.4. The third kappa shape index (κ3) is 50.4. The first-order chi connectivity index (χ1) is 32.0. The molecule has 6 nitrogen and oxygen atoms in total. The van der Waals surface area contributed by atoms with Gasteiger partial charge in [0, 0.05) is 19.3 Å². The van der Waals surface area contributed by atoms with Crippen LogP contribution in [0.3, 0.4) is 0 Å². The highest BCUT2D eigenvalue weighted by Crippen LogP contribution is 2.11. The standard InChI is InChI=1S/C59H92O6/c1-4-7-10-13-16-19-22-25-27-28-29-30-32-34-37-40-43-46-49-52-58(61)64-55-56(54-63-57(60)51-48-45-42-39-36-33-24-21-18-15-12-9-6-3)65-59(62)53-50-47-44-41-38-35-31-26-23-20-17-14-11-8-5-2/h7,9-10,12,16-21,25-27,29-31,33-34,36-37,43,46,56H,4-6,8,11,13-15,22-24,28,32,35,38-42,44-45,47-55H2,1-3H3/b10-7-,12-9-,19-16-,20-17-,21-18-,27-25-,30-29-,31-26-,36-33-,37-34-,46-43-. The van der Waals surface area contributed by atoms with E-state index in [1.807, 2.05) is 12.2 Å². The fourth-order valence-electron chi connectivity index (χ4n) is 6.33. The summed E-state index contributed by atoms with van der Waals surface area (Å²) in [5.41, 5.74) is 0. The largest absolute Gasteiger partial charge is 0.462 e. The molecule has 0 bridgehead atoms. The third-order valence-corrected chi connectivity index (χ3v) is 10.1. The number of carbonyl (C=O) groups excluding carboxylic acids is 3. The summed E-state index contributed by atoms with van der Waals surface area (Å²) in [5, 5.41) is 0. The Morgan fingerprint density at radius 3 is 1.05 bits per heavy atom. The molecule has 65 heavy (non-hydrogen) atoms. The lowest BCUT2D eigenvalue weighted by Crippen LogP contribution is -2.30. The second-order valence-corrected chi connectivity index (χ2v) is 16.3. The van der Waals surface area contributed by atoms with Crippen LogP contribution in [-0.2, 0) is 28.6 Å². The van der Waals surface area contributed by atoms with Gasteiger partial charge in [0.15, 0.2) is 6.10 Å². The van der Waals surface area contributed by atoms with E-state index in [1.165, 1.54) is 25.7 Å². The summed E-state index contributed by atoms with van der Waals surface area (Å²) in [7, 11) is 0. The van der Waals surface area contributed by atoms with E-state index in [0.29, 0.717) is 12.8 Å². The normalized spacial score (nSPS) is 13.2. The van der Waals surface area contributed by atoms with E-state index in [2.05, 4.69) is 142 Å². The van der Waals surface area contributed by atoms with E-state index in [4.69, 9.17) is 14.2 Å². The molecule has 0 rings (SSSR count). The summed E-state index contributed by atoms with van der Waals surface area (Å²) >= 11 is 0. The van der Waals surface area contributed by atoms with Crippen molar-refractivity contribution >= 4 is 17.9 Å². The Balaban J connectivity index is 4.59. The first-order valence-electron chi connectivity index (χ1n) is 25.7. The van der Waals surface area contributed by atoms with Crippen LogP contribution in [0.15, 0.2) is 134 Å².